The highest BCUT2D eigenvalue weighted by molar-refractivity contribution is 7.92. The van der Waals surface area contributed by atoms with E-state index in [-0.39, 0.29) is 6.61 Å². The Hall–Kier alpha value is -1.96. The predicted molar refractivity (Wildman–Crippen MR) is 104 cm³/mol. The maximum absolute atomic E-state index is 12.8. The van der Waals surface area contributed by atoms with Crippen molar-refractivity contribution in [1.82, 2.24) is 10.3 Å². The molecule has 152 valence electrons. The zero-order valence-corrected chi connectivity index (χ0v) is 17.1. The molecule has 7 nitrogen and oxygen atoms in total. The van der Waals surface area contributed by atoms with Gasteiger partial charge in [-0.05, 0) is 31.4 Å². The Bertz CT molecular complexity index is 685. The molecule has 1 heterocycles. The fourth-order valence-electron chi connectivity index (χ4n) is 2.73. The molecule has 0 aromatic carbocycles. The summed E-state index contributed by atoms with van der Waals surface area (Å²) in [4.78, 5) is 28.6. The van der Waals surface area contributed by atoms with Gasteiger partial charge in [0.2, 0.25) is 0 Å². The molecule has 0 aliphatic carbocycles. The lowest BCUT2D eigenvalue weighted by atomic mass is 10.2. The van der Waals surface area contributed by atoms with Crippen molar-refractivity contribution in [2.24, 2.45) is 0 Å². The minimum absolute atomic E-state index is 0.174. The number of pyridine rings is 1. The van der Waals surface area contributed by atoms with Gasteiger partial charge in [-0.3, -0.25) is 9.78 Å². The maximum atomic E-state index is 12.8. The van der Waals surface area contributed by atoms with Crippen molar-refractivity contribution in [1.29, 1.82) is 0 Å². The number of nitrogens with zero attached hydrogens (tertiary/aromatic N) is 1. The maximum Gasteiger partial charge on any atom is 0.329 e. The first kappa shape index (κ1) is 23.1. The molecule has 1 N–H and O–H groups in total. The van der Waals surface area contributed by atoms with E-state index in [0.717, 1.165) is 12.8 Å². The summed E-state index contributed by atoms with van der Waals surface area (Å²) in [6, 6.07) is 1.75. The predicted octanol–water partition coefficient (Wildman–Crippen LogP) is 2.52. The molecule has 0 saturated carbocycles. The first-order chi connectivity index (χ1) is 12.9. The van der Waals surface area contributed by atoms with Gasteiger partial charge in [0, 0.05) is 18.0 Å². The largest absolute Gasteiger partial charge is 0.464 e. The first-order valence-electron chi connectivity index (χ1n) is 9.44. The highest BCUT2D eigenvalue weighted by Gasteiger charge is 2.33. The van der Waals surface area contributed by atoms with Crippen LogP contribution in [0, 0.1) is 0 Å². The normalized spacial score (nSPS) is 12.6. The smallest absolute Gasteiger partial charge is 0.329 e. The molecule has 0 radical (unpaired) electrons. The molecule has 1 amide bonds. The standard InChI is InChI=1S/C19H30N2O5S/c1-4-7-16(8-5-2)27(24,25)14-17(19(23)26-13-6-3)21-18(22)15-9-11-20-12-10-15/h9-12,16-17H,4-8,13-14H2,1-3H3,(H,21,22)/t17-/m1/s1. The average molecular weight is 399 g/mol. The van der Waals surface area contributed by atoms with Gasteiger partial charge in [-0.25, -0.2) is 13.2 Å². The number of aromatic nitrogens is 1. The highest BCUT2D eigenvalue weighted by atomic mass is 32.2. The van der Waals surface area contributed by atoms with Gasteiger partial charge in [-0.2, -0.15) is 0 Å². The number of carbonyl (C=O) groups is 2. The van der Waals surface area contributed by atoms with Crippen LogP contribution < -0.4 is 5.32 Å². The summed E-state index contributed by atoms with van der Waals surface area (Å²) in [5.74, 6) is -1.72. The van der Waals surface area contributed by atoms with Crippen molar-refractivity contribution in [2.75, 3.05) is 12.4 Å². The van der Waals surface area contributed by atoms with Crippen LogP contribution in [-0.4, -0.2) is 48.9 Å². The van der Waals surface area contributed by atoms with Gasteiger partial charge < -0.3 is 10.1 Å². The number of rotatable bonds is 12. The van der Waals surface area contributed by atoms with Crippen molar-refractivity contribution >= 4 is 21.7 Å². The van der Waals surface area contributed by atoms with Crippen molar-refractivity contribution in [3.8, 4) is 0 Å². The van der Waals surface area contributed by atoms with E-state index in [1.165, 1.54) is 24.5 Å². The van der Waals surface area contributed by atoms with Crippen LogP contribution >= 0.6 is 0 Å². The van der Waals surface area contributed by atoms with Gasteiger partial charge >= 0.3 is 5.97 Å². The minimum atomic E-state index is -3.57. The molecule has 0 unspecified atom stereocenters. The highest BCUT2D eigenvalue weighted by Crippen LogP contribution is 2.17. The molecular formula is C19H30N2O5S. The van der Waals surface area contributed by atoms with Crippen molar-refractivity contribution < 1.29 is 22.7 Å². The van der Waals surface area contributed by atoms with E-state index in [4.69, 9.17) is 4.74 Å². The molecule has 0 spiro atoms. The average Bonchev–Trinajstić information content (AvgIpc) is 2.65. The first-order valence-corrected chi connectivity index (χ1v) is 11.2. The molecule has 0 aliphatic heterocycles. The topological polar surface area (TPSA) is 102 Å². The second-order valence-electron chi connectivity index (χ2n) is 6.46. The number of esters is 1. The van der Waals surface area contributed by atoms with Gasteiger partial charge in [-0.15, -0.1) is 0 Å². The number of amides is 1. The number of sulfone groups is 1. The van der Waals surface area contributed by atoms with Crippen LogP contribution in [0.2, 0.25) is 0 Å². The van der Waals surface area contributed by atoms with Gasteiger partial charge in [0.1, 0.15) is 6.04 Å². The van der Waals surface area contributed by atoms with Gasteiger partial charge in [-0.1, -0.05) is 33.6 Å². The number of ether oxygens (including phenoxy) is 1. The summed E-state index contributed by atoms with van der Waals surface area (Å²) in [6.45, 7) is 5.87. The molecule has 8 heteroatoms. The fraction of sp³-hybridized carbons (Fsp3) is 0.632. The van der Waals surface area contributed by atoms with Gasteiger partial charge in [0.05, 0.1) is 17.6 Å². The monoisotopic (exact) mass is 398 g/mol. The second kappa shape index (κ2) is 11.7. The third-order valence-corrected chi connectivity index (χ3v) is 6.39. The molecule has 0 aliphatic rings. The summed E-state index contributed by atoms with van der Waals surface area (Å²) in [7, 11) is -3.57. The van der Waals surface area contributed by atoms with E-state index >= 15 is 0 Å². The number of hydrogen-bond acceptors (Lipinski definition) is 6. The van der Waals surface area contributed by atoms with E-state index in [0.29, 0.717) is 24.8 Å². The van der Waals surface area contributed by atoms with Crippen LogP contribution in [0.3, 0.4) is 0 Å². The molecule has 0 fully saturated rings. The van der Waals surface area contributed by atoms with E-state index in [9.17, 15) is 18.0 Å². The summed E-state index contributed by atoms with van der Waals surface area (Å²) >= 11 is 0. The fourth-order valence-corrected chi connectivity index (χ4v) is 4.88. The SMILES string of the molecule is CCCOC(=O)[C@@H](CS(=O)(=O)C(CCC)CCC)NC(=O)c1ccncc1. The minimum Gasteiger partial charge on any atom is -0.464 e. The van der Waals surface area contributed by atoms with Gasteiger partial charge in [0.25, 0.3) is 5.91 Å². The molecule has 0 bridgehead atoms. The molecule has 27 heavy (non-hydrogen) atoms. The summed E-state index contributed by atoms with van der Waals surface area (Å²) in [6.07, 6.45) is 6.05. The molecule has 1 atom stereocenters. The van der Waals surface area contributed by atoms with Crippen molar-refractivity contribution in [3.05, 3.63) is 30.1 Å². The summed E-state index contributed by atoms with van der Waals surface area (Å²) in [5.41, 5.74) is 0.300. The van der Waals surface area contributed by atoms with Crippen LogP contribution in [-0.2, 0) is 19.4 Å². The Balaban J connectivity index is 2.99. The Morgan fingerprint density at radius 3 is 2.19 bits per heavy atom. The summed E-state index contributed by atoms with van der Waals surface area (Å²) < 4.78 is 30.8. The molecule has 1 aromatic rings. The molecule has 1 aromatic heterocycles. The Labute approximate surface area is 161 Å². The zero-order chi connectivity index (χ0) is 20.3. The number of nitrogens with one attached hydrogen (secondary N) is 1. The third-order valence-electron chi connectivity index (χ3n) is 4.11. The van der Waals surface area contributed by atoms with Crippen molar-refractivity contribution in [3.63, 3.8) is 0 Å². The molecule has 0 saturated heterocycles. The lowest BCUT2D eigenvalue weighted by Crippen LogP contribution is -2.47. The third kappa shape index (κ3) is 7.66. The lowest BCUT2D eigenvalue weighted by Gasteiger charge is -2.22. The van der Waals surface area contributed by atoms with Crippen LogP contribution in [0.1, 0.15) is 63.2 Å². The van der Waals surface area contributed by atoms with E-state index in [1.54, 1.807) is 0 Å². The van der Waals surface area contributed by atoms with Crippen LogP contribution in [0.15, 0.2) is 24.5 Å². The van der Waals surface area contributed by atoms with Crippen LogP contribution in [0.5, 0.6) is 0 Å². The Kier molecular flexibility index (Phi) is 9.99. The zero-order valence-electron chi connectivity index (χ0n) is 16.3. The molecule has 1 rings (SSSR count). The van der Waals surface area contributed by atoms with Crippen LogP contribution in [0.25, 0.3) is 0 Å². The van der Waals surface area contributed by atoms with E-state index in [2.05, 4.69) is 10.3 Å². The second-order valence-corrected chi connectivity index (χ2v) is 8.78. The number of carbonyl (C=O) groups excluding carboxylic acids is 2. The summed E-state index contributed by atoms with van der Waals surface area (Å²) in [5, 5.41) is 2.00. The molecular weight excluding hydrogens is 368 g/mol. The van der Waals surface area contributed by atoms with Gasteiger partial charge in [0.15, 0.2) is 9.84 Å². The lowest BCUT2D eigenvalue weighted by molar-refractivity contribution is -0.145. The Morgan fingerprint density at radius 2 is 1.67 bits per heavy atom. The van der Waals surface area contributed by atoms with Crippen molar-refractivity contribution in [2.45, 2.75) is 64.2 Å². The quantitative estimate of drug-likeness (QED) is 0.543. The van der Waals surface area contributed by atoms with E-state index < -0.39 is 38.8 Å². The Morgan fingerprint density at radius 1 is 1.07 bits per heavy atom. The number of hydrogen-bond donors (Lipinski definition) is 1. The van der Waals surface area contributed by atoms with Crippen LogP contribution in [0.4, 0.5) is 0 Å². The van der Waals surface area contributed by atoms with E-state index in [1.807, 2.05) is 20.8 Å².